The summed E-state index contributed by atoms with van der Waals surface area (Å²) in [5.41, 5.74) is 1.23. The first-order chi connectivity index (χ1) is 4.43. The third-order valence-electron chi connectivity index (χ3n) is 0.956. The van der Waals surface area contributed by atoms with Crippen LogP contribution in [0.15, 0.2) is 30.3 Å². The van der Waals surface area contributed by atoms with Crippen LogP contribution in [0.1, 0.15) is 5.56 Å². The minimum atomic E-state index is -0.0765. The fourth-order valence-electron chi connectivity index (χ4n) is 0.566. The molecule has 0 fully saturated rings. The van der Waals surface area contributed by atoms with Crippen molar-refractivity contribution in [2.75, 3.05) is 0 Å². The van der Waals surface area contributed by atoms with Crippen LogP contribution in [0.5, 0.6) is 0 Å². The van der Waals surface area contributed by atoms with Crippen molar-refractivity contribution in [3.05, 3.63) is 43.3 Å². The average Bonchev–Trinajstić information content (AvgIpc) is 1.91. The van der Waals surface area contributed by atoms with E-state index in [-0.39, 0.29) is 23.1 Å². The molecule has 0 aliphatic rings. The molecule has 0 spiro atoms. The number of halogens is 1. The molecule has 0 saturated carbocycles. The number of hydrogen-bond donors (Lipinski definition) is 0. The third-order valence-corrected chi connectivity index (χ3v) is 2.18. The van der Waals surface area contributed by atoms with Gasteiger partial charge in [-0.3, -0.25) is 0 Å². The van der Waals surface area contributed by atoms with E-state index >= 15 is 0 Å². The van der Waals surface area contributed by atoms with Crippen molar-refractivity contribution in [1.29, 1.82) is 0 Å². The van der Waals surface area contributed by atoms with Gasteiger partial charge in [0.1, 0.15) is 0 Å². The molecule has 0 saturated heterocycles. The molecule has 0 amide bonds. The summed E-state index contributed by atoms with van der Waals surface area (Å²) < 4.78 is 2.06. The molecule has 1 aromatic carbocycles. The molecule has 0 radical (unpaired) electrons. The van der Waals surface area contributed by atoms with Crippen molar-refractivity contribution >= 4 is 14.3 Å². The molecule has 1 aromatic rings. The molecule has 0 unspecified atom stereocenters. The van der Waals surface area contributed by atoms with Gasteiger partial charge in [0.15, 0.2) is 0 Å². The Hall–Kier alpha value is 0.00338. The zero-order chi connectivity index (χ0) is 6.53. The summed E-state index contributed by atoms with van der Waals surface area (Å²) in [6, 6.07) is 10.1. The summed E-state index contributed by atoms with van der Waals surface area (Å²) in [6.45, 7) is 0. The molecule has 2 heteroatoms. The van der Waals surface area contributed by atoms with Crippen LogP contribution in [0.4, 0.5) is 0 Å². The Bertz CT molecular complexity index is 194. The Kier molecular flexibility index (Phi) is 5.77. The monoisotopic (exact) mass is 242 g/mol. The molecule has 0 bridgehead atoms. The Morgan fingerprint density at radius 3 is 2.30 bits per heavy atom. The summed E-state index contributed by atoms with van der Waals surface area (Å²) >= 11 is -0.0765. The van der Waals surface area contributed by atoms with E-state index in [0.29, 0.717) is 0 Å². The van der Waals surface area contributed by atoms with E-state index in [4.69, 9.17) is 9.69 Å². The van der Waals surface area contributed by atoms with Gasteiger partial charge in [0.2, 0.25) is 0 Å². The van der Waals surface area contributed by atoms with Gasteiger partial charge in [-0.15, -0.1) is 0 Å². The van der Waals surface area contributed by atoms with Crippen LogP contribution < -0.4 is 0 Å². The summed E-state index contributed by atoms with van der Waals surface area (Å²) in [4.78, 5) is 0. The average molecular weight is 242 g/mol. The van der Waals surface area contributed by atoms with E-state index < -0.39 is 0 Å². The molecule has 0 nitrogen and oxygen atoms in total. The van der Waals surface area contributed by atoms with Crippen molar-refractivity contribution in [1.82, 2.24) is 0 Å². The van der Waals surface area contributed by atoms with Crippen molar-refractivity contribution in [2.45, 2.75) is 0 Å². The normalized spacial score (nSPS) is 10.1. The zero-order valence-electron chi connectivity index (χ0n) is 5.70. The molecular formula is C8H9ClRu-. The molecule has 0 aromatic heterocycles. The van der Waals surface area contributed by atoms with Gasteiger partial charge in [0.25, 0.3) is 0 Å². The van der Waals surface area contributed by atoms with E-state index in [1.807, 2.05) is 18.2 Å². The molecule has 0 atom stereocenters. The van der Waals surface area contributed by atoms with Crippen LogP contribution in [0.3, 0.4) is 0 Å². The maximum atomic E-state index is 5.57. The van der Waals surface area contributed by atoms with Gasteiger partial charge >= 0.3 is 65.9 Å². The topological polar surface area (TPSA) is 0 Å². The van der Waals surface area contributed by atoms with Crippen molar-refractivity contribution in [2.24, 2.45) is 0 Å². The van der Waals surface area contributed by atoms with Gasteiger partial charge < -0.3 is 7.43 Å². The summed E-state index contributed by atoms with van der Waals surface area (Å²) in [5, 5.41) is 0. The fourth-order valence-corrected chi connectivity index (χ4v) is 1.65. The predicted octanol–water partition coefficient (Wildman–Crippen LogP) is 2.52. The molecule has 0 aliphatic heterocycles. The zero-order valence-corrected chi connectivity index (χ0v) is 8.19. The molecule has 0 N–H and O–H groups in total. The summed E-state index contributed by atoms with van der Waals surface area (Å²) in [7, 11) is 5.57. The van der Waals surface area contributed by atoms with Crippen LogP contribution >= 0.6 is 9.69 Å². The van der Waals surface area contributed by atoms with Crippen LogP contribution in [0, 0.1) is 7.43 Å². The van der Waals surface area contributed by atoms with E-state index in [2.05, 4.69) is 16.7 Å². The first kappa shape index (κ1) is 10.0. The second kappa shape index (κ2) is 5.76. The van der Waals surface area contributed by atoms with E-state index in [9.17, 15) is 0 Å². The van der Waals surface area contributed by atoms with Gasteiger partial charge in [-0.1, -0.05) is 0 Å². The first-order valence-electron chi connectivity index (χ1n) is 2.54. The van der Waals surface area contributed by atoms with E-state index in [1.54, 1.807) is 0 Å². The first-order valence-corrected chi connectivity index (χ1v) is 5.78. The van der Waals surface area contributed by atoms with Crippen LogP contribution in [0.25, 0.3) is 0 Å². The predicted molar refractivity (Wildman–Crippen MR) is 43.9 cm³/mol. The second-order valence-corrected chi connectivity index (χ2v) is 3.38. The van der Waals surface area contributed by atoms with E-state index in [0.717, 1.165) is 0 Å². The Morgan fingerprint density at radius 2 is 1.80 bits per heavy atom. The van der Waals surface area contributed by atoms with Gasteiger partial charge in [0, 0.05) is 0 Å². The summed E-state index contributed by atoms with van der Waals surface area (Å²) in [6.07, 6.45) is 0. The Balaban J connectivity index is 0.000000810. The molecule has 0 aliphatic carbocycles. The Morgan fingerprint density at radius 1 is 1.20 bits per heavy atom. The van der Waals surface area contributed by atoms with Gasteiger partial charge in [-0.25, -0.2) is 0 Å². The van der Waals surface area contributed by atoms with Crippen molar-refractivity contribution < 1.29 is 15.7 Å². The third kappa shape index (κ3) is 3.24. The second-order valence-electron chi connectivity index (χ2n) is 1.59. The number of hydrogen-bond acceptors (Lipinski definition) is 0. The fraction of sp³-hybridized carbons (Fsp3) is 0. The van der Waals surface area contributed by atoms with E-state index in [1.165, 1.54) is 5.56 Å². The standard InChI is InChI=1S/C7H6.CH3.ClH.Ru/c1-7-5-3-2-4-6-7;;;/h1-6H;1H3;1H;/q;-1;;+1/p-1. The minimum absolute atomic E-state index is 0. The van der Waals surface area contributed by atoms with Gasteiger partial charge in [-0.2, -0.15) is 0 Å². The van der Waals surface area contributed by atoms with Crippen molar-refractivity contribution in [3.63, 3.8) is 0 Å². The maximum absolute atomic E-state index is 5.57. The molecule has 10 heavy (non-hydrogen) atoms. The van der Waals surface area contributed by atoms with Crippen LogP contribution in [-0.2, 0) is 15.7 Å². The number of benzene rings is 1. The van der Waals surface area contributed by atoms with Gasteiger partial charge in [0.05, 0.1) is 0 Å². The summed E-state index contributed by atoms with van der Waals surface area (Å²) in [5.74, 6) is 0. The molecule has 57 valence electrons. The quantitative estimate of drug-likeness (QED) is 0.524. The molecule has 1 rings (SSSR count). The van der Waals surface area contributed by atoms with Crippen molar-refractivity contribution in [3.8, 4) is 0 Å². The SMILES string of the molecule is [CH3-].[Cl][Ru]=[CH]c1ccccc1. The Labute approximate surface area is 73.4 Å². The number of rotatable bonds is 1. The van der Waals surface area contributed by atoms with Crippen LogP contribution in [-0.4, -0.2) is 4.61 Å². The van der Waals surface area contributed by atoms with Crippen LogP contribution in [0.2, 0.25) is 0 Å². The molecule has 0 heterocycles. The van der Waals surface area contributed by atoms with Gasteiger partial charge in [-0.05, 0) is 0 Å². The molecular weight excluding hydrogens is 233 g/mol.